The van der Waals surface area contributed by atoms with Gasteiger partial charge in [0.25, 0.3) is 0 Å². The van der Waals surface area contributed by atoms with Crippen molar-refractivity contribution < 1.29 is 9.53 Å². The van der Waals surface area contributed by atoms with Gasteiger partial charge in [-0.15, -0.1) is 11.8 Å². The van der Waals surface area contributed by atoms with E-state index in [4.69, 9.17) is 4.74 Å². The van der Waals surface area contributed by atoms with E-state index < -0.39 is 0 Å². The maximum absolute atomic E-state index is 11.8. The zero-order valence-electron chi connectivity index (χ0n) is 11.2. The summed E-state index contributed by atoms with van der Waals surface area (Å²) in [6, 6.07) is 11.4. The van der Waals surface area contributed by atoms with Crippen molar-refractivity contribution in [3.63, 3.8) is 0 Å². The van der Waals surface area contributed by atoms with Gasteiger partial charge in [-0.2, -0.15) is 0 Å². The molecule has 1 aromatic carbocycles. The van der Waals surface area contributed by atoms with Gasteiger partial charge in [-0.05, 0) is 18.2 Å². The van der Waals surface area contributed by atoms with Crippen molar-refractivity contribution in [2.45, 2.75) is 11.4 Å². The van der Waals surface area contributed by atoms with Crippen LogP contribution in [0.2, 0.25) is 0 Å². The van der Waals surface area contributed by atoms with E-state index in [1.807, 2.05) is 36.4 Å². The average molecular weight is 288 g/mol. The number of carbonyl (C=O) groups is 1. The first kappa shape index (κ1) is 14.4. The molecule has 5 heteroatoms. The van der Waals surface area contributed by atoms with Crippen molar-refractivity contribution >= 4 is 17.7 Å². The molecule has 20 heavy (non-hydrogen) atoms. The van der Waals surface area contributed by atoms with Crippen LogP contribution in [0.5, 0.6) is 5.75 Å². The molecule has 104 valence electrons. The Morgan fingerprint density at radius 3 is 2.75 bits per heavy atom. The Morgan fingerprint density at radius 2 is 2.00 bits per heavy atom. The molecular formula is C15H16N2O2S. The van der Waals surface area contributed by atoms with E-state index in [1.54, 1.807) is 19.5 Å². The molecule has 4 nitrogen and oxygen atoms in total. The lowest BCUT2D eigenvalue weighted by Gasteiger charge is -2.09. The van der Waals surface area contributed by atoms with Gasteiger partial charge in [0.1, 0.15) is 5.75 Å². The van der Waals surface area contributed by atoms with Gasteiger partial charge in [0, 0.05) is 29.4 Å². The molecule has 0 radical (unpaired) electrons. The summed E-state index contributed by atoms with van der Waals surface area (Å²) in [5.41, 5.74) is 0.970. The fourth-order valence-corrected chi connectivity index (χ4v) is 2.39. The summed E-state index contributed by atoms with van der Waals surface area (Å²) in [6.07, 6.45) is 3.43. The van der Waals surface area contributed by atoms with Crippen LogP contribution in [0, 0.1) is 0 Å². The van der Waals surface area contributed by atoms with Gasteiger partial charge in [-0.1, -0.05) is 18.2 Å². The normalized spacial score (nSPS) is 10.1. The number of ether oxygens (including phenoxy) is 1. The number of hydrogen-bond acceptors (Lipinski definition) is 4. The minimum atomic E-state index is -0.00211. The minimum Gasteiger partial charge on any atom is -0.496 e. The highest BCUT2D eigenvalue weighted by atomic mass is 32.2. The maximum Gasteiger partial charge on any atom is 0.230 e. The molecule has 0 aliphatic heterocycles. The van der Waals surface area contributed by atoms with Gasteiger partial charge >= 0.3 is 0 Å². The number of hydrogen-bond donors (Lipinski definition) is 1. The fraction of sp³-hybridized carbons (Fsp3) is 0.200. The third-order valence-corrected chi connectivity index (χ3v) is 3.70. The largest absolute Gasteiger partial charge is 0.496 e. The summed E-state index contributed by atoms with van der Waals surface area (Å²) in [5.74, 6) is 1.17. The third kappa shape index (κ3) is 4.28. The van der Waals surface area contributed by atoms with Gasteiger partial charge in [0.15, 0.2) is 0 Å². The monoisotopic (exact) mass is 288 g/mol. The Bertz CT molecular complexity index is 561. The van der Waals surface area contributed by atoms with Crippen molar-refractivity contribution in [2.24, 2.45) is 0 Å². The molecule has 1 aromatic heterocycles. The first-order chi connectivity index (χ1) is 9.79. The second kappa shape index (κ2) is 7.55. The predicted molar refractivity (Wildman–Crippen MR) is 79.8 cm³/mol. The molecule has 2 rings (SSSR count). The summed E-state index contributed by atoms with van der Waals surface area (Å²) in [5, 5.41) is 2.89. The third-order valence-electron chi connectivity index (χ3n) is 2.69. The van der Waals surface area contributed by atoms with Crippen LogP contribution >= 0.6 is 11.8 Å². The Kier molecular flexibility index (Phi) is 5.43. The molecule has 1 N–H and O–H groups in total. The number of benzene rings is 1. The molecule has 0 aliphatic rings. The van der Waals surface area contributed by atoms with Crippen molar-refractivity contribution in [1.29, 1.82) is 0 Å². The highest BCUT2D eigenvalue weighted by Crippen LogP contribution is 2.18. The number of nitrogens with zero attached hydrogens (tertiary/aromatic N) is 1. The van der Waals surface area contributed by atoms with E-state index in [1.165, 1.54) is 11.8 Å². The van der Waals surface area contributed by atoms with Gasteiger partial charge < -0.3 is 10.1 Å². The Morgan fingerprint density at radius 1 is 1.25 bits per heavy atom. The highest BCUT2D eigenvalue weighted by molar-refractivity contribution is 8.00. The van der Waals surface area contributed by atoms with Crippen LogP contribution in [0.15, 0.2) is 53.7 Å². The van der Waals surface area contributed by atoms with Crippen LogP contribution < -0.4 is 10.1 Å². The summed E-state index contributed by atoms with van der Waals surface area (Å²) >= 11 is 1.49. The van der Waals surface area contributed by atoms with Crippen LogP contribution in [-0.2, 0) is 11.3 Å². The van der Waals surface area contributed by atoms with Crippen LogP contribution in [-0.4, -0.2) is 23.8 Å². The molecule has 2 aromatic rings. The summed E-state index contributed by atoms with van der Waals surface area (Å²) < 4.78 is 5.24. The van der Waals surface area contributed by atoms with Gasteiger partial charge in [0.2, 0.25) is 5.91 Å². The number of amides is 1. The second-order valence-corrected chi connectivity index (χ2v) is 5.11. The molecule has 0 aliphatic carbocycles. The molecule has 0 unspecified atom stereocenters. The summed E-state index contributed by atoms with van der Waals surface area (Å²) in [4.78, 5) is 16.8. The highest BCUT2D eigenvalue weighted by Gasteiger charge is 2.05. The molecule has 0 bridgehead atoms. The molecule has 0 spiro atoms. The first-order valence-electron chi connectivity index (χ1n) is 6.21. The topological polar surface area (TPSA) is 51.2 Å². The smallest absolute Gasteiger partial charge is 0.230 e. The van der Waals surface area contributed by atoms with Crippen LogP contribution in [0.4, 0.5) is 0 Å². The van der Waals surface area contributed by atoms with Crippen LogP contribution in [0.25, 0.3) is 0 Å². The number of aromatic nitrogens is 1. The second-order valence-electron chi connectivity index (χ2n) is 4.06. The standard InChI is InChI=1S/C15H16N2O2S/c1-19-14-5-3-2-4-12(14)10-17-15(18)11-20-13-6-8-16-9-7-13/h2-9H,10-11H2,1H3,(H,17,18). The Labute approximate surface area is 122 Å². The molecule has 0 saturated carbocycles. The Hall–Kier alpha value is -2.01. The average Bonchev–Trinajstić information content (AvgIpc) is 2.52. The molecule has 0 atom stereocenters. The number of pyridine rings is 1. The van der Waals surface area contributed by atoms with E-state index in [0.29, 0.717) is 12.3 Å². The predicted octanol–water partition coefficient (Wildman–Crippen LogP) is 2.50. The molecule has 1 amide bonds. The van der Waals surface area contributed by atoms with E-state index in [-0.39, 0.29) is 5.91 Å². The fourth-order valence-electron chi connectivity index (χ4n) is 1.68. The lowest BCUT2D eigenvalue weighted by Crippen LogP contribution is -2.24. The zero-order valence-corrected chi connectivity index (χ0v) is 12.0. The van der Waals surface area contributed by atoms with Gasteiger partial charge in [0.05, 0.1) is 12.9 Å². The SMILES string of the molecule is COc1ccccc1CNC(=O)CSc1ccncc1. The van der Waals surface area contributed by atoms with Gasteiger partial charge in [-0.3, -0.25) is 9.78 Å². The lowest BCUT2D eigenvalue weighted by atomic mass is 10.2. The summed E-state index contributed by atoms with van der Waals surface area (Å²) in [6.45, 7) is 0.472. The quantitative estimate of drug-likeness (QED) is 0.830. The first-order valence-corrected chi connectivity index (χ1v) is 7.19. The number of methoxy groups -OCH3 is 1. The summed E-state index contributed by atoms with van der Waals surface area (Å²) in [7, 11) is 1.62. The van der Waals surface area contributed by atoms with Crippen molar-refractivity contribution in [1.82, 2.24) is 10.3 Å². The van der Waals surface area contributed by atoms with Crippen molar-refractivity contribution in [3.8, 4) is 5.75 Å². The van der Waals surface area contributed by atoms with Crippen LogP contribution in [0.1, 0.15) is 5.56 Å². The van der Waals surface area contributed by atoms with Crippen molar-refractivity contribution in [2.75, 3.05) is 12.9 Å². The molecule has 0 saturated heterocycles. The van der Waals surface area contributed by atoms with E-state index >= 15 is 0 Å². The number of para-hydroxylation sites is 1. The number of rotatable bonds is 6. The number of carbonyl (C=O) groups excluding carboxylic acids is 1. The number of thioether (sulfide) groups is 1. The lowest BCUT2D eigenvalue weighted by molar-refractivity contribution is -0.118. The van der Waals surface area contributed by atoms with E-state index in [2.05, 4.69) is 10.3 Å². The van der Waals surface area contributed by atoms with E-state index in [0.717, 1.165) is 16.2 Å². The minimum absolute atomic E-state index is 0.00211. The maximum atomic E-state index is 11.8. The molecular weight excluding hydrogens is 272 g/mol. The van der Waals surface area contributed by atoms with Crippen LogP contribution in [0.3, 0.4) is 0 Å². The zero-order chi connectivity index (χ0) is 14.2. The number of nitrogens with one attached hydrogen (secondary N) is 1. The molecule has 1 heterocycles. The Balaban J connectivity index is 1.80. The van der Waals surface area contributed by atoms with Crippen molar-refractivity contribution in [3.05, 3.63) is 54.4 Å². The van der Waals surface area contributed by atoms with E-state index in [9.17, 15) is 4.79 Å². The van der Waals surface area contributed by atoms with Gasteiger partial charge in [-0.25, -0.2) is 0 Å². The molecule has 0 fully saturated rings.